The van der Waals surface area contributed by atoms with Gasteiger partial charge in [-0.3, -0.25) is 9.69 Å². The van der Waals surface area contributed by atoms with Crippen molar-refractivity contribution in [1.82, 2.24) is 4.98 Å². The molecule has 6 heteroatoms. The van der Waals surface area contributed by atoms with Crippen LogP contribution >= 0.6 is 11.3 Å². The third-order valence-electron chi connectivity index (χ3n) is 4.37. The minimum atomic E-state index is -0.185. The average molecular weight is 404 g/mol. The summed E-state index contributed by atoms with van der Waals surface area (Å²) in [5.74, 6) is 1.15. The van der Waals surface area contributed by atoms with E-state index >= 15 is 0 Å². The number of aryl methyl sites for hydroxylation is 1. The van der Waals surface area contributed by atoms with Crippen LogP contribution in [0.3, 0.4) is 0 Å². The van der Waals surface area contributed by atoms with Crippen molar-refractivity contribution in [3.8, 4) is 17.0 Å². The smallest absolute Gasteiger partial charge is 0.267 e. The second-order valence-electron chi connectivity index (χ2n) is 6.54. The lowest BCUT2D eigenvalue weighted by Crippen LogP contribution is -2.34. The molecule has 0 saturated heterocycles. The highest BCUT2D eigenvalue weighted by Crippen LogP contribution is 2.29. The van der Waals surface area contributed by atoms with Gasteiger partial charge in [-0.15, -0.1) is 11.3 Å². The van der Waals surface area contributed by atoms with Crippen LogP contribution < -0.4 is 9.64 Å². The number of benzene rings is 2. The zero-order valence-corrected chi connectivity index (χ0v) is 16.8. The quantitative estimate of drug-likeness (QED) is 0.418. The van der Waals surface area contributed by atoms with Crippen molar-refractivity contribution < 1.29 is 13.9 Å². The van der Waals surface area contributed by atoms with Gasteiger partial charge in [-0.25, -0.2) is 4.98 Å². The van der Waals surface area contributed by atoms with E-state index in [1.807, 2.05) is 73.0 Å². The third-order valence-corrected chi connectivity index (χ3v) is 5.23. The van der Waals surface area contributed by atoms with Crippen molar-refractivity contribution in [1.29, 1.82) is 0 Å². The van der Waals surface area contributed by atoms with Crippen LogP contribution in [0.15, 0.2) is 82.8 Å². The molecule has 0 aliphatic heterocycles. The molecular weight excluding hydrogens is 384 g/mol. The fourth-order valence-corrected chi connectivity index (χ4v) is 3.66. The van der Waals surface area contributed by atoms with Crippen molar-refractivity contribution in [2.24, 2.45) is 0 Å². The number of ether oxygens (including phenoxy) is 1. The number of para-hydroxylation sites is 1. The SMILES string of the molecule is Cc1ccc(-c2csc(N(Cc3ccco3)C(=O)COc3ccccc3)n2)cc1. The van der Waals surface area contributed by atoms with Crippen molar-refractivity contribution in [2.75, 3.05) is 11.5 Å². The average Bonchev–Trinajstić information content (AvgIpc) is 3.44. The Morgan fingerprint density at radius 3 is 2.59 bits per heavy atom. The minimum Gasteiger partial charge on any atom is -0.484 e. The predicted molar refractivity (Wildman–Crippen MR) is 114 cm³/mol. The summed E-state index contributed by atoms with van der Waals surface area (Å²) in [6.45, 7) is 2.27. The van der Waals surface area contributed by atoms with Gasteiger partial charge in [-0.1, -0.05) is 48.0 Å². The first kappa shape index (κ1) is 19.0. The number of nitrogens with zero attached hydrogens (tertiary/aromatic N) is 2. The third kappa shape index (κ3) is 4.73. The number of carbonyl (C=O) groups excluding carboxylic acids is 1. The number of hydrogen-bond acceptors (Lipinski definition) is 5. The Kier molecular flexibility index (Phi) is 5.72. The second kappa shape index (κ2) is 8.75. The fourth-order valence-electron chi connectivity index (χ4n) is 2.81. The second-order valence-corrected chi connectivity index (χ2v) is 7.38. The molecule has 0 saturated carbocycles. The van der Waals surface area contributed by atoms with Crippen LogP contribution in [0.5, 0.6) is 5.75 Å². The Balaban J connectivity index is 1.55. The Morgan fingerprint density at radius 2 is 1.86 bits per heavy atom. The van der Waals surface area contributed by atoms with Crippen molar-refractivity contribution in [3.05, 3.63) is 89.7 Å². The first-order valence-corrected chi connectivity index (χ1v) is 10.1. The summed E-state index contributed by atoms with van der Waals surface area (Å²) in [4.78, 5) is 19.3. The maximum Gasteiger partial charge on any atom is 0.267 e. The lowest BCUT2D eigenvalue weighted by atomic mass is 10.1. The number of hydrogen-bond donors (Lipinski definition) is 0. The van der Waals surface area contributed by atoms with Gasteiger partial charge in [-0.2, -0.15) is 0 Å². The van der Waals surface area contributed by atoms with Gasteiger partial charge in [0.15, 0.2) is 11.7 Å². The fraction of sp³-hybridized carbons (Fsp3) is 0.130. The van der Waals surface area contributed by atoms with E-state index in [2.05, 4.69) is 0 Å². The summed E-state index contributed by atoms with van der Waals surface area (Å²) >= 11 is 1.43. The van der Waals surface area contributed by atoms with Crippen LogP contribution in [0.25, 0.3) is 11.3 Å². The largest absolute Gasteiger partial charge is 0.484 e. The summed E-state index contributed by atoms with van der Waals surface area (Å²) < 4.78 is 11.1. The van der Waals surface area contributed by atoms with E-state index in [-0.39, 0.29) is 12.5 Å². The van der Waals surface area contributed by atoms with E-state index < -0.39 is 0 Å². The Morgan fingerprint density at radius 1 is 1.07 bits per heavy atom. The topological polar surface area (TPSA) is 55.6 Å². The van der Waals surface area contributed by atoms with E-state index in [1.165, 1.54) is 16.9 Å². The van der Waals surface area contributed by atoms with Gasteiger partial charge in [0.05, 0.1) is 18.5 Å². The summed E-state index contributed by atoms with van der Waals surface area (Å²) in [5.41, 5.74) is 3.05. The van der Waals surface area contributed by atoms with Gasteiger partial charge < -0.3 is 9.15 Å². The van der Waals surface area contributed by atoms with Crippen LogP contribution in [0, 0.1) is 6.92 Å². The normalized spacial score (nSPS) is 10.7. The van der Waals surface area contributed by atoms with Gasteiger partial charge in [0.25, 0.3) is 5.91 Å². The zero-order chi connectivity index (χ0) is 20.1. The van der Waals surface area contributed by atoms with E-state index in [4.69, 9.17) is 14.1 Å². The van der Waals surface area contributed by atoms with Crippen molar-refractivity contribution in [3.63, 3.8) is 0 Å². The number of anilines is 1. The number of carbonyl (C=O) groups is 1. The van der Waals surface area contributed by atoms with Gasteiger partial charge in [0.1, 0.15) is 11.5 Å². The molecule has 0 unspecified atom stereocenters. The van der Waals surface area contributed by atoms with Crippen molar-refractivity contribution >= 4 is 22.4 Å². The van der Waals surface area contributed by atoms with Crippen LogP contribution in [0.4, 0.5) is 5.13 Å². The molecule has 4 aromatic rings. The zero-order valence-electron chi connectivity index (χ0n) is 15.9. The lowest BCUT2D eigenvalue weighted by Gasteiger charge is -2.19. The van der Waals surface area contributed by atoms with Crippen molar-refractivity contribution in [2.45, 2.75) is 13.5 Å². The first-order chi connectivity index (χ1) is 14.2. The molecule has 1 amide bonds. The van der Waals surface area contributed by atoms with Gasteiger partial charge in [0, 0.05) is 10.9 Å². The molecule has 0 spiro atoms. The molecule has 0 atom stereocenters. The molecule has 4 rings (SSSR count). The molecule has 0 aliphatic rings. The van der Waals surface area contributed by atoms with Gasteiger partial charge in [0.2, 0.25) is 0 Å². The van der Waals surface area contributed by atoms with Crippen LogP contribution in [0.1, 0.15) is 11.3 Å². The molecule has 0 N–H and O–H groups in total. The highest BCUT2D eigenvalue weighted by Gasteiger charge is 2.21. The minimum absolute atomic E-state index is 0.0792. The highest BCUT2D eigenvalue weighted by atomic mass is 32.1. The lowest BCUT2D eigenvalue weighted by molar-refractivity contribution is -0.120. The Labute approximate surface area is 173 Å². The Hall–Kier alpha value is -3.38. The van der Waals surface area contributed by atoms with E-state index in [9.17, 15) is 4.79 Å². The van der Waals surface area contributed by atoms with Crippen LogP contribution in [-0.2, 0) is 11.3 Å². The molecule has 146 valence electrons. The highest BCUT2D eigenvalue weighted by molar-refractivity contribution is 7.14. The standard InChI is InChI=1S/C23H20N2O3S/c1-17-9-11-18(12-10-17)21-16-29-23(24-21)25(14-20-8-5-13-27-20)22(26)15-28-19-6-3-2-4-7-19/h2-13,16H,14-15H2,1H3. The number of rotatable bonds is 7. The Bertz CT molecular complexity index is 1060. The monoisotopic (exact) mass is 404 g/mol. The molecular formula is C23H20N2O3S. The molecule has 0 fully saturated rings. The summed E-state index contributed by atoms with van der Waals surface area (Å²) in [6.07, 6.45) is 1.60. The molecule has 0 radical (unpaired) electrons. The summed E-state index contributed by atoms with van der Waals surface area (Å²) in [6, 6.07) is 21.1. The molecule has 2 aromatic carbocycles. The maximum absolute atomic E-state index is 13.0. The number of thiazole rings is 1. The molecule has 2 heterocycles. The van der Waals surface area contributed by atoms with E-state index in [1.54, 1.807) is 17.2 Å². The molecule has 0 bridgehead atoms. The van der Waals surface area contributed by atoms with E-state index in [0.29, 0.717) is 23.2 Å². The van der Waals surface area contributed by atoms with Crippen LogP contribution in [0.2, 0.25) is 0 Å². The maximum atomic E-state index is 13.0. The number of furan rings is 1. The number of amides is 1. The first-order valence-electron chi connectivity index (χ1n) is 9.22. The number of aromatic nitrogens is 1. The summed E-state index contributed by atoms with van der Waals surface area (Å²) in [5, 5.41) is 2.57. The van der Waals surface area contributed by atoms with E-state index in [0.717, 1.165) is 11.3 Å². The van der Waals surface area contributed by atoms with Gasteiger partial charge in [-0.05, 0) is 31.2 Å². The molecule has 29 heavy (non-hydrogen) atoms. The van der Waals surface area contributed by atoms with Gasteiger partial charge >= 0.3 is 0 Å². The molecule has 0 aliphatic carbocycles. The molecule has 2 aromatic heterocycles. The summed E-state index contributed by atoms with van der Waals surface area (Å²) in [7, 11) is 0. The predicted octanol–water partition coefficient (Wildman–Crippen LogP) is 5.32. The molecule has 5 nitrogen and oxygen atoms in total. The van der Waals surface area contributed by atoms with Crippen LogP contribution in [-0.4, -0.2) is 17.5 Å².